The van der Waals surface area contributed by atoms with E-state index in [4.69, 9.17) is 0 Å². The number of carbonyl (C=O) groups is 1. The molecule has 0 saturated heterocycles. The minimum Gasteiger partial charge on any atom is -0.314 e. The van der Waals surface area contributed by atoms with Crippen molar-refractivity contribution in [1.29, 1.82) is 0 Å². The maximum Gasteiger partial charge on any atom is 0.274 e. The molecular formula is C13H16N2O. The van der Waals surface area contributed by atoms with Crippen LogP contribution in [0.4, 0.5) is 0 Å². The van der Waals surface area contributed by atoms with Crippen molar-refractivity contribution in [1.82, 2.24) is 5.32 Å². The van der Waals surface area contributed by atoms with Crippen molar-refractivity contribution in [3.05, 3.63) is 34.8 Å². The lowest BCUT2D eigenvalue weighted by Gasteiger charge is -2.07. The zero-order valence-electron chi connectivity index (χ0n) is 9.66. The molecule has 1 aliphatic rings. The summed E-state index contributed by atoms with van der Waals surface area (Å²) in [5.74, 6) is -0.0771. The average molecular weight is 216 g/mol. The summed E-state index contributed by atoms with van der Waals surface area (Å²) in [6, 6.07) is 8.16. The number of para-hydroxylation sites is 1. The fourth-order valence-corrected chi connectivity index (χ4v) is 1.85. The Labute approximate surface area is 94.9 Å². The Morgan fingerprint density at radius 2 is 2.06 bits per heavy atom. The third kappa shape index (κ3) is 2.19. The number of hydrogen-bond acceptors (Lipinski definition) is 2. The SMILES string of the molecule is CC(C)NCCC1=c2ccccc2=NC1=O. The first-order chi connectivity index (χ1) is 7.68. The van der Waals surface area contributed by atoms with Gasteiger partial charge in [-0.05, 0) is 19.0 Å². The van der Waals surface area contributed by atoms with Crippen LogP contribution in [0, 0.1) is 0 Å². The predicted molar refractivity (Wildman–Crippen MR) is 63.4 cm³/mol. The summed E-state index contributed by atoms with van der Waals surface area (Å²) < 4.78 is 0. The Kier molecular flexibility index (Phi) is 3.15. The van der Waals surface area contributed by atoms with Gasteiger partial charge in [0.05, 0.1) is 5.36 Å². The van der Waals surface area contributed by atoms with Crippen LogP contribution < -0.4 is 15.9 Å². The summed E-state index contributed by atoms with van der Waals surface area (Å²) in [7, 11) is 0. The first-order valence-corrected chi connectivity index (χ1v) is 5.63. The number of benzene rings is 1. The van der Waals surface area contributed by atoms with Crippen LogP contribution in [-0.2, 0) is 4.79 Å². The lowest BCUT2D eigenvalue weighted by Crippen LogP contribution is -2.27. The van der Waals surface area contributed by atoms with Crippen LogP contribution in [0.5, 0.6) is 0 Å². The molecule has 0 spiro atoms. The molecule has 3 heteroatoms. The number of nitrogens with zero attached hydrogens (tertiary/aromatic N) is 1. The monoisotopic (exact) mass is 216 g/mol. The van der Waals surface area contributed by atoms with Gasteiger partial charge in [-0.15, -0.1) is 0 Å². The number of fused-ring (bicyclic) bond motifs is 1. The summed E-state index contributed by atoms with van der Waals surface area (Å²) in [5, 5.41) is 5.12. The third-order valence-corrected chi connectivity index (χ3v) is 2.64. The van der Waals surface area contributed by atoms with Crippen molar-refractivity contribution in [2.75, 3.05) is 6.54 Å². The second kappa shape index (κ2) is 4.58. The van der Waals surface area contributed by atoms with Gasteiger partial charge in [0.25, 0.3) is 5.91 Å². The third-order valence-electron chi connectivity index (χ3n) is 2.64. The molecule has 0 aromatic heterocycles. The molecule has 0 bridgehead atoms. The lowest BCUT2D eigenvalue weighted by atomic mass is 10.1. The van der Waals surface area contributed by atoms with Gasteiger partial charge in [0.2, 0.25) is 0 Å². The smallest absolute Gasteiger partial charge is 0.274 e. The van der Waals surface area contributed by atoms with Crippen molar-refractivity contribution in [2.45, 2.75) is 26.3 Å². The minimum atomic E-state index is -0.0771. The van der Waals surface area contributed by atoms with Gasteiger partial charge in [-0.1, -0.05) is 32.0 Å². The minimum absolute atomic E-state index is 0.0771. The van der Waals surface area contributed by atoms with Crippen LogP contribution in [0.2, 0.25) is 0 Å². The molecule has 0 saturated carbocycles. The van der Waals surface area contributed by atoms with Crippen LogP contribution in [0.25, 0.3) is 5.57 Å². The standard InChI is InChI=1S/C13H16N2O/c1-9(2)14-8-7-11-10-5-3-4-6-12(10)15-13(11)16/h3-6,9,14H,7-8H2,1-2H3. The Balaban J connectivity index is 2.22. The largest absolute Gasteiger partial charge is 0.314 e. The molecule has 3 nitrogen and oxygen atoms in total. The van der Waals surface area contributed by atoms with Crippen molar-refractivity contribution < 1.29 is 4.79 Å². The Hall–Kier alpha value is -1.48. The van der Waals surface area contributed by atoms with E-state index in [-0.39, 0.29) is 5.91 Å². The second-order valence-corrected chi connectivity index (χ2v) is 4.27. The summed E-state index contributed by atoms with van der Waals surface area (Å²) in [6.45, 7) is 5.02. The first-order valence-electron chi connectivity index (χ1n) is 5.63. The maximum absolute atomic E-state index is 11.7. The number of carbonyl (C=O) groups excluding carboxylic acids is 1. The molecule has 2 rings (SSSR count). The summed E-state index contributed by atoms with van der Waals surface area (Å²) in [4.78, 5) is 15.7. The predicted octanol–water partition coefficient (Wildman–Crippen LogP) is 0.385. The van der Waals surface area contributed by atoms with Gasteiger partial charge in [0, 0.05) is 16.8 Å². The van der Waals surface area contributed by atoms with Gasteiger partial charge in [-0.3, -0.25) is 4.79 Å². The van der Waals surface area contributed by atoms with E-state index >= 15 is 0 Å². The number of rotatable bonds is 4. The zero-order chi connectivity index (χ0) is 11.5. The summed E-state index contributed by atoms with van der Waals surface area (Å²) in [6.07, 6.45) is 0.748. The van der Waals surface area contributed by atoms with E-state index in [0.29, 0.717) is 6.04 Å². The van der Waals surface area contributed by atoms with Gasteiger partial charge < -0.3 is 5.32 Å². The highest BCUT2D eigenvalue weighted by Crippen LogP contribution is 2.04. The molecule has 16 heavy (non-hydrogen) atoms. The molecule has 1 aromatic rings. The number of nitrogens with one attached hydrogen (secondary N) is 1. The highest BCUT2D eigenvalue weighted by atomic mass is 16.1. The van der Waals surface area contributed by atoms with E-state index in [9.17, 15) is 4.79 Å². The topological polar surface area (TPSA) is 41.5 Å². The fraction of sp³-hybridized carbons (Fsp3) is 0.385. The average Bonchev–Trinajstić information content (AvgIpc) is 2.55. The molecule has 84 valence electrons. The maximum atomic E-state index is 11.7. The van der Waals surface area contributed by atoms with E-state index in [2.05, 4.69) is 24.2 Å². The molecule has 1 heterocycles. The Bertz CT molecular complexity index is 517. The summed E-state index contributed by atoms with van der Waals surface area (Å²) >= 11 is 0. The molecular weight excluding hydrogens is 200 g/mol. The van der Waals surface area contributed by atoms with Gasteiger partial charge in [0.15, 0.2) is 0 Å². The second-order valence-electron chi connectivity index (χ2n) is 4.27. The highest BCUT2D eigenvalue weighted by Gasteiger charge is 2.14. The van der Waals surface area contributed by atoms with Crippen molar-refractivity contribution >= 4 is 11.5 Å². The van der Waals surface area contributed by atoms with Gasteiger partial charge in [-0.2, -0.15) is 0 Å². The van der Waals surface area contributed by atoms with Crippen molar-refractivity contribution in [3.8, 4) is 0 Å². The molecule has 1 aromatic carbocycles. The fourth-order valence-electron chi connectivity index (χ4n) is 1.85. The van der Waals surface area contributed by atoms with Crippen LogP contribution >= 0.6 is 0 Å². The first kappa shape index (κ1) is 11.0. The molecule has 0 radical (unpaired) electrons. The number of hydrogen-bond donors (Lipinski definition) is 1. The van der Waals surface area contributed by atoms with Crippen molar-refractivity contribution in [3.63, 3.8) is 0 Å². The van der Waals surface area contributed by atoms with Gasteiger partial charge >= 0.3 is 0 Å². The normalized spacial score (nSPS) is 14.2. The van der Waals surface area contributed by atoms with Crippen molar-refractivity contribution in [2.24, 2.45) is 4.99 Å². The Morgan fingerprint density at radius 1 is 1.31 bits per heavy atom. The van der Waals surface area contributed by atoms with E-state index in [1.807, 2.05) is 24.3 Å². The van der Waals surface area contributed by atoms with Gasteiger partial charge in [-0.25, -0.2) is 4.99 Å². The summed E-state index contributed by atoms with van der Waals surface area (Å²) in [5.41, 5.74) is 0.837. The quantitative estimate of drug-likeness (QED) is 0.791. The van der Waals surface area contributed by atoms with E-state index in [1.165, 1.54) is 0 Å². The molecule has 0 aliphatic carbocycles. The molecule has 0 unspecified atom stereocenters. The van der Waals surface area contributed by atoms with E-state index < -0.39 is 0 Å². The van der Waals surface area contributed by atoms with Crippen LogP contribution in [0.3, 0.4) is 0 Å². The molecule has 0 atom stereocenters. The molecule has 1 aliphatic heterocycles. The number of amides is 1. The molecule has 1 N–H and O–H groups in total. The highest BCUT2D eigenvalue weighted by molar-refractivity contribution is 6.15. The van der Waals surface area contributed by atoms with E-state index in [0.717, 1.165) is 29.1 Å². The van der Waals surface area contributed by atoms with E-state index in [1.54, 1.807) is 0 Å². The zero-order valence-corrected chi connectivity index (χ0v) is 9.66. The molecule has 0 fully saturated rings. The Morgan fingerprint density at radius 3 is 2.81 bits per heavy atom. The van der Waals surface area contributed by atoms with Crippen LogP contribution in [0.15, 0.2) is 29.3 Å². The lowest BCUT2D eigenvalue weighted by molar-refractivity contribution is -0.112. The van der Waals surface area contributed by atoms with Crippen LogP contribution in [-0.4, -0.2) is 18.5 Å². The molecule has 1 amide bonds. The van der Waals surface area contributed by atoms with Gasteiger partial charge in [0.1, 0.15) is 0 Å². The van der Waals surface area contributed by atoms with Crippen LogP contribution in [0.1, 0.15) is 20.3 Å².